The van der Waals surface area contributed by atoms with Crippen LogP contribution in [0.25, 0.3) is 11.1 Å². The van der Waals surface area contributed by atoms with Gasteiger partial charge in [-0.1, -0.05) is 29.8 Å². The van der Waals surface area contributed by atoms with Crippen molar-refractivity contribution in [1.82, 2.24) is 0 Å². The first-order chi connectivity index (χ1) is 12.5. The topological polar surface area (TPSA) is 55.4 Å². The monoisotopic (exact) mass is 385 g/mol. The Bertz CT molecular complexity index is 942. The minimum Gasteiger partial charge on any atom is -0.465 e. The molecule has 2 aromatic heterocycles. The van der Waals surface area contributed by atoms with E-state index in [4.69, 9.17) is 4.74 Å². The second-order valence-corrected chi connectivity index (χ2v) is 7.88. The number of carbonyl (C=O) groups excluding carboxylic acids is 2. The summed E-state index contributed by atoms with van der Waals surface area (Å²) in [6.45, 7) is 4.01. The van der Waals surface area contributed by atoms with E-state index in [2.05, 4.69) is 5.32 Å². The van der Waals surface area contributed by atoms with Gasteiger partial charge in [-0.15, -0.1) is 22.7 Å². The van der Waals surface area contributed by atoms with Crippen molar-refractivity contribution in [3.8, 4) is 11.1 Å². The summed E-state index contributed by atoms with van der Waals surface area (Å²) in [4.78, 5) is 25.8. The van der Waals surface area contributed by atoms with E-state index in [1.54, 1.807) is 0 Å². The number of benzene rings is 1. The highest BCUT2D eigenvalue weighted by atomic mass is 32.1. The van der Waals surface area contributed by atoms with E-state index in [0.29, 0.717) is 10.6 Å². The van der Waals surface area contributed by atoms with Gasteiger partial charge in [0.25, 0.3) is 0 Å². The van der Waals surface area contributed by atoms with Gasteiger partial charge in [-0.05, 0) is 36.4 Å². The van der Waals surface area contributed by atoms with Gasteiger partial charge in [0.05, 0.1) is 13.5 Å². The van der Waals surface area contributed by atoms with Crippen molar-refractivity contribution in [2.45, 2.75) is 20.3 Å². The fraction of sp³-hybridized carbons (Fsp3) is 0.200. The van der Waals surface area contributed by atoms with Crippen LogP contribution in [0.15, 0.2) is 41.1 Å². The van der Waals surface area contributed by atoms with Gasteiger partial charge in [-0.2, -0.15) is 0 Å². The van der Waals surface area contributed by atoms with E-state index in [1.165, 1.54) is 29.8 Å². The van der Waals surface area contributed by atoms with Gasteiger partial charge in [-0.3, -0.25) is 4.79 Å². The predicted molar refractivity (Wildman–Crippen MR) is 107 cm³/mol. The van der Waals surface area contributed by atoms with Crippen LogP contribution in [-0.4, -0.2) is 19.0 Å². The number of rotatable bonds is 5. The van der Waals surface area contributed by atoms with E-state index in [9.17, 15) is 9.59 Å². The van der Waals surface area contributed by atoms with Crippen LogP contribution >= 0.6 is 22.7 Å². The highest BCUT2D eigenvalue weighted by molar-refractivity contribution is 7.15. The van der Waals surface area contributed by atoms with Crippen LogP contribution in [0.3, 0.4) is 0 Å². The number of anilines is 1. The van der Waals surface area contributed by atoms with E-state index < -0.39 is 5.97 Å². The van der Waals surface area contributed by atoms with E-state index in [0.717, 1.165) is 27.1 Å². The molecule has 1 N–H and O–H groups in total. The summed E-state index contributed by atoms with van der Waals surface area (Å²) in [5.74, 6) is -0.597. The van der Waals surface area contributed by atoms with Gasteiger partial charge in [-0.25, -0.2) is 4.79 Å². The molecule has 4 nitrogen and oxygen atoms in total. The molecule has 0 saturated carbocycles. The highest BCUT2D eigenvalue weighted by Gasteiger charge is 2.23. The van der Waals surface area contributed by atoms with Gasteiger partial charge in [0.2, 0.25) is 5.91 Å². The maximum absolute atomic E-state index is 12.4. The van der Waals surface area contributed by atoms with Crippen LogP contribution in [0.5, 0.6) is 0 Å². The van der Waals surface area contributed by atoms with Crippen molar-refractivity contribution in [1.29, 1.82) is 0 Å². The normalized spacial score (nSPS) is 10.6. The summed E-state index contributed by atoms with van der Waals surface area (Å²) in [5.41, 5.74) is 4.34. The van der Waals surface area contributed by atoms with Crippen LogP contribution in [0.2, 0.25) is 0 Å². The molecule has 134 valence electrons. The van der Waals surface area contributed by atoms with Gasteiger partial charge < -0.3 is 10.1 Å². The molecule has 0 fully saturated rings. The molecule has 1 amide bonds. The first-order valence-corrected chi connectivity index (χ1v) is 9.85. The zero-order chi connectivity index (χ0) is 18.7. The molecule has 26 heavy (non-hydrogen) atoms. The number of aryl methyl sites for hydroxylation is 2. The Labute approximate surface area is 160 Å². The summed E-state index contributed by atoms with van der Waals surface area (Å²) < 4.78 is 4.97. The molecule has 2 heterocycles. The van der Waals surface area contributed by atoms with Crippen LogP contribution in [-0.2, 0) is 16.0 Å². The van der Waals surface area contributed by atoms with Crippen LogP contribution in [0.4, 0.5) is 5.00 Å². The van der Waals surface area contributed by atoms with Crippen molar-refractivity contribution in [2.75, 3.05) is 12.4 Å². The van der Waals surface area contributed by atoms with E-state index >= 15 is 0 Å². The number of amides is 1. The Balaban J connectivity index is 1.96. The second kappa shape index (κ2) is 7.85. The number of thiophene rings is 2. The van der Waals surface area contributed by atoms with Gasteiger partial charge in [0.15, 0.2) is 0 Å². The molecule has 3 rings (SSSR count). The molecule has 3 aromatic rings. The summed E-state index contributed by atoms with van der Waals surface area (Å²) >= 11 is 2.87. The quantitative estimate of drug-likeness (QED) is 0.625. The Hall–Kier alpha value is -2.44. The number of hydrogen-bond donors (Lipinski definition) is 1. The molecule has 0 unspecified atom stereocenters. The van der Waals surface area contributed by atoms with Gasteiger partial charge >= 0.3 is 5.97 Å². The lowest BCUT2D eigenvalue weighted by molar-refractivity contribution is -0.115. The van der Waals surface area contributed by atoms with Crippen LogP contribution in [0.1, 0.15) is 26.4 Å². The Morgan fingerprint density at radius 3 is 2.62 bits per heavy atom. The molecule has 0 aliphatic carbocycles. The molecule has 0 atom stereocenters. The first-order valence-electron chi connectivity index (χ1n) is 8.09. The first kappa shape index (κ1) is 18.4. The number of ether oxygens (including phenoxy) is 1. The van der Waals surface area contributed by atoms with Gasteiger partial charge in [0, 0.05) is 15.8 Å². The minimum atomic E-state index is -0.450. The third kappa shape index (κ3) is 3.86. The minimum absolute atomic E-state index is 0.146. The molecule has 1 aromatic carbocycles. The van der Waals surface area contributed by atoms with Crippen LogP contribution < -0.4 is 5.32 Å². The Kier molecular flexibility index (Phi) is 5.54. The van der Waals surface area contributed by atoms with Gasteiger partial charge in [0.1, 0.15) is 10.6 Å². The van der Waals surface area contributed by atoms with E-state index in [-0.39, 0.29) is 12.3 Å². The Morgan fingerprint density at radius 2 is 1.92 bits per heavy atom. The third-order valence-electron chi connectivity index (χ3n) is 4.03. The third-order valence-corrected chi connectivity index (χ3v) is 5.80. The number of esters is 1. The fourth-order valence-electron chi connectivity index (χ4n) is 2.72. The fourth-order valence-corrected chi connectivity index (χ4v) is 4.39. The lowest BCUT2D eigenvalue weighted by Gasteiger charge is -2.10. The molecule has 0 spiro atoms. The molecule has 0 aliphatic heterocycles. The summed E-state index contributed by atoms with van der Waals surface area (Å²) in [5, 5.41) is 7.23. The lowest BCUT2D eigenvalue weighted by atomic mass is 9.97. The molecular formula is C20H19NO3S2. The molecule has 0 radical (unpaired) electrons. The van der Waals surface area contributed by atoms with E-state index in [1.807, 2.05) is 54.9 Å². The van der Waals surface area contributed by atoms with Crippen molar-refractivity contribution in [2.24, 2.45) is 0 Å². The van der Waals surface area contributed by atoms with Crippen molar-refractivity contribution in [3.63, 3.8) is 0 Å². The van der Waals surface area contributed by atoms with Crippen LogP contribution in [0, 0.1) is 13.8 Å². The number of nitrogens with one attached hydrogen (secondary N) is 1. The average Bonchev–Trinajstić information content (AvgIpc) is 3.26. The molecular weight excluding hydrogens is 366 g/mol. The maximum Gasteiger partial charge on any atom is 0.341 e. The number of carbonyl (C=O) groups is 2. The smallest absolute Gasteiger partial charge is 0.341 e. The average molecular weight is 386 g/mol. The zero-order valence-corrected chi connectivity index (χ0v) is 16.4. The van der Waals surface area contributed by atoms with Crippen molar-refractivity contribution in [3.05, 3.63) is 62.7 Å². The standard InChI is InChI=1S/C20H19NO3S2/c1-12-6-7-13(2)15(9-12)16-11-26-19(18(16)20(23)24-3)21-17(22)10-14-5-4-8-25-14/h4-9,11H,10H2,1-3H3,(H,21,22). The van der Waals surface area contributed by atoms with Crippen molar-refractivity contribution < 1.29 is 14.3 Å². The molecule has 0 aliphatic rings. The summed E-state index contributed by atoms with van der Waals surface area (Å²) in [6.07, 6.45) is 0.287. The zero-order valence-electron chi connectivity index (χ0n) is 14.8. The predicted octanol–water partition coefficient (Wildman–Crippen LogP) is 5.06. The number of hydrogen-bond acceptors (Lipinski definition) is 5. The molecule has 0 saturated heterocycles. The van der Waals surface area contributed by atoms with Crippen molar-refractivity contribution >= 4 is 39.6 Å². The highest BCUT2D eigenvalue weighted by Crippen LogP contribution is 2.38. The summed E-state index contributed by atoms with van der Waals surface area (Å²) in [7, 11) is 1.35. The lowest BCUT2D eigenvalue weighted by Crippen LogP contribution is -2.15. The largest absolute Gasteiger partial charge is 0.465 e. The molecule has 6 heteroatoms. The second-order valence-electron chi connectivity index (χ2n) is 5.97. The summed E-state index contributed by atoms with van der Waals surface area (Å²) in [6, 6.07) is 9.94. The Morgan fingerprint density at radius 1 is 1.12 bits per heavy atom. The maximum atomic E-state index is 12.4. The number of methoxy groups -OCH3 is 1. The SMILES string of the molecule is COC(=O)c1c(-c2cc(C)ccc2C)csc1NC(=O)Cc1cccs1. The molecule has 0 bridgehead atoms.